The maximum atomic E-state index is 5.70. The highest BCUT2D eigenvalue weighted by Gasteiger charge is 2.28. The lowest BCUT2D eigenvalue weighted by atomic mass is 9.94. The Labute approximate surface area is 103 Å². The summed E-state index contributed by atoms with van der Waals surface area (Å²) in [7, 11) is 1.98. The van der Waals surface area contributed by atoms with Crippen LogP contribution in [0.4, 0.5) is 0 Å². The largest absolute Gasteiger partial charge is 0.375 e. The molecule has 5 heteroatoms. The van der Waals surface area contributed by atoms with E-state index in [1.165, 1.54) is 0 Å². The predicted octanol–water partition coefficient (Wildman–Crippen LogP) is 0.905. The number of nitrogens with zero attached hydrogens (tertiary/aromatic N) is 3. The maximum Gasteiger partial charge on any atom is 0.133 e. The van der Waals surface area contributed by atoms with E-state index < -0.39 is 0 Å². The number of ether oxygens (including phenoxy) is 1. The molecule has 1 unspecified atom stereocenters. The smallest absolute Gasteiger partial charge is 0.133 e. The summed E-state index contributed by atoms with van der Waals surface area (Å²) in [5.74, 6) is 1.03. The van der Waals surface area contributed by atoms with E-state index in [2.05, 4.69) is 29.4 Å². The van der Waals surface area contributed by atoms with Gasteiger partial charge in [0.15, 0.2) is 0 Å². The number of rotatable bonds is 4. The van der Waals surface area contributed by atoms with Crippen molar-refractivity contribution >= 4 is 0 Å². The van der Waals surface area contributed by atoms with Gasteiger partial charge in [-0.15, -0.1) is 10.2 Å². The highest BCUT2D eigenvalue weighted by atomic mass is 16.5. The first-order valence-corrected chi connectivity index (χ1v) is 6.27. The van der Waals surface area contributed by atoms with Crippen molar-refractivity contribution in [3.8, 4) is 0 Å². The monoisotopic (exact) mass is 238 g/mol. The molecule has 1 saturated heterocycles. The fourth-order valence-corrected chi connectivity index (χ4v) is 2.33. The average molecular weight is 238 g/mol. The van der Waals surface area contributed by atoms with Crippen molar-refractivity contribution in [3.05, 3.63) is 12.2 Å². The lowest BCUT2D eigenvalue weighted by molar-refractivity contribution is -0.0627. The van der Waals surface area contributed by atoms with Gasteiger partial charge in [0.05, 0.1) is 5.60 Å². The molecule has 1 aromatic heterocycles. The molecule has 17 heavy (non-hydrogen) atoms. The Morgan fingerprint density at radius 3 is 3.06 bits per heavy atom. The van der Waals surface area contributed by atoms with Crippen LogP contribution < -0.4 is 5.32 Å². The molecule has 1 fully saturated rings. The lowest BCUT2D eigenvalue weighted by Gasteiger charge is -2.36. The van der Waals surface area contributed by atoms with Gasteiger partial charge in [0, 0.05) is 32.7 Å². The van der Waals surface area contributed by atoms with E-state index in [0.717, 1.165) is 38.2 Å². The van der Waals surface area contributed by atoms with E-state index in [1.54, 1.807) is 6.33 Å². The predicted molar refractivity (Wildman–Crippen MR) is 65.8 cm³/mol. The lowest BCUT2D eigenvalue weighted by Crippen LogP contribution is -2.44. The summed E-state index contributed by atoms with van der Waals surface area (Å²) in [6.07, 6.45) is 4.84. The normalized spacial score (nSPS) is 23.8. The SMILES string of the molecule is Cn1cnnc1CCNC1CCOC(C)(C)C1. The summed E-state index contributed by atoms with van der Waals surface area (Å²) >= 11 is 0. The topological polar surface area (TPSA) is 52.0 Å². The molecule has 0 spiro atoms. The summed E-state index contributed by atoms with van der Waals surface area (Å²) < 4.78 is 7.67. The Morgan fingerprint density at radius 2 is 2.41 bits per heavy atom. The Morgan fingerprint density at radius 1 is 1.59 bits per heavy atom. The summed E-state index contributed by atoms with van der Waals surface area (Å²) in [4.78, 5) is 0. The van der Waals surface area contributed by atoms with Gasteiger partial charge in [0.25, 0.3) is 0 Å². The van der Waals surface area contributed by atoms with Crippen molar-refractivity contribution in [2.75, 3.05) is 13.2 Å². The van der Waals surface area contributed by atoms with E-state index in [0.29, 0.717) is 6.04 Å². The van der Waals surface area contributed by atoms with Gasteiger partial charge in [-0.2, -0.15) is 0 Å². The van der Waals surface area contributed by atoms with Crippen molar-refractivity contribution in [1.82, 2.24) is 20.1 Å². The van der Waals surface area contributed by atoms with Crippen LogP contribution in [-0.2, 0) is 18.2 Å². The molecule has 1 atom stereocenters. The van der Waals surface area contributed by atoms with Gasteiger partial charge in [0.2, 0.25) is 0 Å². The van der Waals surface area contributed by atoms with Crippen molar-refractivity contribution in [2.45, 2.75) is 44.8 Å². The number of nitrogens with one attached hydrogen (secondary N) is 1. The van der Waals surface area contributed by atoms with Gasteiger partial charge >= 0.3 is 0 Å². The highest BCUT2D eigenvalue weighted by Crippen LogP contribution is 2.23. The van der Waals surface area contributed by atoms with Gasteiger partial charge in [-0.25, -0.2) is 0 Å². The van der Waals surface area contributed by atoms with E-state index in [9.17, 15) is 0 Å². The molecular weight excluding hydrogens is 216 g/mol. The standard InChI is InChI=1S/C12H22N4O/c1-12(2)8-10(5-7-17-12)13-6-4-11-15-14-9-16(11)3/h9-10,13H,4-8H2,1-3H3. The molecule has 0 radical (unpaired) electrons. The maximum absolute atomic E-state index is 5.70. The fourth-order valence-electron chi connectivity index (χ4n) is 2.33. The van der Waals surface area contributed by atoms with E-state index in [4.69, 9.17) is 4.74 Å². The molecule has 96 valence electrons. The zero-order valence-electron chi connectivity index (χ0n) is 10.9. The Bertz CT molecular complexity index is 361. The van der Waals surface area contributed by atoms with E-state index in [-0.39, 0.29) is 5.60 Å². The first-order valence-electron chi connectivity index (χ1n) is 6.27. The molecule has 0 aliphatic carbocycles. The summed E-state index contributed by atoms with van der Waals surface area (Å²) in [5, 5.41) is 11.5. The number of hydrogen-bond donors (Lipinski definition) is 1. The highest BCUT2D eigenvalue weighted by molar-refractivity contribution is 4.87. The van der Waals surface area contributed by atoms with E-state index >= 15 is 0 Å². The summed E-state index contributed by atoms with van der Waals surface area (Å²) in [6, 6.07) is 0.562. The second-order valence-corrected chi connectivity index (χ2v) is 5.36. The molecule has 2 rings (SSSR count). The third-order valence-electron chi connectivity index (χ3n) is 3.28. The Kier molecular flexibility index (Phi) is 3.79. The third-order valence-corrected chi connectivity index (χ3v) is 3.28. The zero-order valence-corrected chi connectivity index (χ0v) is 10.9. The van der Waals surface area contributed by atoms with Gasteiger partial charge < -0.3 is 14.6 Å². The molecule has 0 amide bonds. The van der Waals surface area contributed by atoms with Crippen LogP contribution in [0, 0.1) is 0 Å². The minimum absolute atomic E-state index is 0.0146. The van der Waals surface area contributed by atoms with Crippen molar-refractivity contribution in [3.63, 3.8) is 0 Å². The van der Waals surface area contributed by atoms with Crippen LogP contribution in [0.1, 0.15) is 32.5 Å². The van der Waals surface area contributed by atoms with Gasteiger partial charge in [-0.05, 0) is 26.7 Å². The molecule has 0 saturated carbocycles. The quantitative estimate of drug-likeness (QED) is 0.847. The minimum Gasteiger partial charge on any atom is -0.375 e. The van der Waals surface area contributed by atoms with Crippen molar-refractivity contribution in [2.24, 2.45) is 7.05 Å². The number of hydrogen-bond acceptors (Lipinski definition) is 4. The van der Waals surface area contributed by atoms with Crippen molar-refractivity contribution in [1.29, 1.82) is 0 Å². The Hall–Kier alpha value is -0.940. The average Bonchev–Trinajstić information content (AvgIpc) is 2.63. The third kappa shape index (κ3) is 3.51. The van der Waals surface area contributed by atoms with Gasteiger partial charge in [0.1, 0.15) is 12.2 Å². The van der Waals surface area contributed by atoms with E-state index in [1.807, 2.05) is 11.6 Å². The summed E-state index contributed by atoms with van der Waals surface area (Å²) in [6.45, 7) is 6.12. The van der Waals surface area contributed by atoms with Crippen LogP contribution >= 0.6 is 0 Å². The first-order chi connectivity index (χ1) is 8.07. The zero-order chi connectivity index (χ0) is 12.3. The molecule has 5 nitrogen and oxygen atoms in total. The van der Waals surface area contributed by atoms with Crippen LogP contribution in [0.25, 0.3) is 0 Å². The van der Waals surface area contributed by atoms with Crippen LogP contribution in [-0.4, -0.2) is 39.6 Å². The molecule has 0 bridgehead atoms. The van der Waals surface area contributed by atoms with Crippen LogP contribution in [0.5, 0.6) is 0 Å². The van der Waals surface area contributed by atoms with Crippen LogP contribution in [0.3, 0.4) is 0 Å². The molecule has 1 N–H and O–H groups in total. The van der Waals surface area contributed by atoms with Crippen LogP contribution in [0.2, 0.25) is 0 Å². The number of aromatic nitrogens is 3. The molecule has 2 heterocycles. The number of aryl methyl sites for hydroxylation is 1. The molecular formula is C12H22N4O. The molecule has 1 aromatic rings. The fraction of sp³-hybridized carbons (Fsp3) is 0.833. The summed E-state index contributed by atoms with van der Waals surface area (Å²) in [5.41, 5.74) is 0.0146. The molecule has 0 aromatic carbocycles. The Balaban J connectivity index is 1.74. The van der Waals surface area contributed by atoms with Crippen molar-refractivity contribution < 1.29 is 4.74 Å². The molecule has 1 aliphatic rings. The first kappa shape index (κ1) is 12.5. The van der Waals surface area contributed by atoms with Crippen LogP contribution in [0.15, 0.2) is 6.33 Å². The second-order valence-electron chi connectivity index (χ2n) is 5.36. The molecule has 1 aliphatic heterocycles. The van der Waals surface area contributed by atoms with Gasteiger partial charge in [-0.3, -0.25) is 0 Å². The second kappa shape index (κ2) is 5.14. The minimum atomic E-state index is 0.0146. The van der Waals surface area contributed by atoms with Gasteiger partial charge in [-0.1, -0.05) is 0 Å².